The topological polar surface area (TPSA) is 91.3 Å². The molecule has 0 radical (unpaired) electrons. The number of rotatable bonds is 7. The van der Waals surface area contributed by atoms with E-state index in [1.54, 1.807) is 36.7 Å². The summed E-state index contributed by atoms with van der Waals surface area (Å²) in [6.45, 7) is -0.340. The van der Waals surface area contributed by atoms with E-state index in [1.165, 1.54) is 12.1 Å². The van der Waals surface area contributed by atoms with Crippen LogP contribution in [0.1, 0.15) is 11.1 Å². The van der Waals surface area contributed by atoms with Crippen molar-refractivity contribution in [2.45, 2.75) is 19.0 Å². The SMILES string of the molecule is O=C(Cc1ccncc1)N[C@@H](CO)C(=O)NCc1ccc(F)cc1. The Morgan fingerprint density at radius 1 is 1.08 bits per heavy atom. The molecule has 0 saturated carbocycles. The summed E-state index contributed by atoms with van der Waals surface area (Å²) >= 11 is 0. The van der Waals surface area contributed by atoms with Gasteiger partial charge in [0, 0.05) is 18.9 Å². The summed E-state index contributed by atoms with van der Waals surface area (Å²) < 4.78 is 12.8. The number of carbonyl (C=O) groups excluding carboxylic acids is 2. The van der Waals surface area contributed by atoms with E-state index in [4.69, 9.17) is 0 Å². The molecular formula is C17H18FN3O3. The average molecular weight is 331 g/mol. The maximum atomic E-state index is 12.8. The van der Waals surface area contributed by atoms with E-state index in [1.807, 2.05) is 0 Å². The van der Waals surface area contributed by atoms with Gasteiger partial charge in [-0.05, 0) is 35.4 Å². The molecule has 1 atom stereocenters. The van der Waals surface area contributed by atoms with Crippen molar-refractivity contribution in [1.29, 1.82) is 0 Å². The third-order valence-electron chi connectivity index (χ3n) is 3.33. The Hall–Kier alpha value is -2.80. The molecule has 0 saturated heterocycles. The van der Waals surface area contributed by atoms with E-state index in [9.17, 15) is 19.1 Å². The summed E-state index contributed by atoms with van der Waals surface area (Å²) in [6.07, 6.45) is 3.23. The predicted molar refractivity (Wildman–Crippen MR) is 85.2 cm³/mol. The molecule has 6 nitrogen and oxygen atoms in total. The highest BCUT2D eigenvalue weighted by molar-refractivity contribution is 5.88. The molecule has 24 heavy (non-hydrogen) atoms. The van der Waals surface area contributed by atoms with Crippen LogP contribution in [0, 0.1) is 5.82 Å². The molecule has 1 aromatic carbocycles. The van der Waals surface area contributed by atoms with Crippen molar-refractivity contribution in [1.82, 2.24) is 15.6 Å². The number of pyridine rings is 1. The van der Waals surface area contributed by atoms with Crippen LogP contribution in [-0.4, -0.2) is 34.6 Å². The largest absolute Gasteiger partial charge is 0.394 e. The molecule has 2 aromatic rings. The summed E-state index contributed by atoms with van der Waals surface area (Å²) in [5, 5.41) is 14.4. The minimum atomic E-state index is -1.04. The number of benzene rings is 1. The number of amides is 2. The van der Waals surface area contributed by atoms with Gasteiger partial charge < -0.3 is 15.7 Å². The zero-order valence-electron chi connectivity index (χ0n) is 12.9. The highest BCUT2D eigenvalue weighted by Crippen LogP contribution is 2.02. The molecule has 0 aliphatic carbocycles. The monoisotopic (exact) mass is 331 g/mol. The summed E-state index contributed by atoms with van der Waals surface area (Å²) in [7, 11) is 0. The first kappa shape index (κ1) is 17.6. The lowest BCUT2D eigenvalue weighted by Gasteiger charge is -2.16. The Morgan fingerprint density at radius 2 is 1.75 bits per heavy atom. The number of halogens is 1. The first-order valence-corrected chi connectivity index (χ1v) is 7.40. The average Bonchev–Trinajstić information content (AvgIpc) is 2.59. The molecule has 7 heteroatoms. The van der Waals surface area contributed by atoms with E-state index in [-0.39, 0.29) is 24.7 Å². The molecule has 0 fully saturated rings. The second-order valence-electron chi connectivity index (χ2n) is 5.18. The van der Waals surface area contributed by atoms with E-state index in [0.717, 1.165) is 5.56 Å². The molecule has 0 unspecified atom stereocenters. The Kier molecular flexibility index (Phi) is 6.39. The summed E-state index contributed by atoms with van der Waals surface area (Å²) in [5.74, 6) is -1.25. The fourth-order valence-corrected chi connectivity index (χ4v) is 2.04. The van der Waals surface area contributed by atoms with Crippen LogP contribution in [-0.2, 0) is 22.6 Å². The van der Waals surface area contributed by atoms with E-state index in [2.05, 4.69) is 15.6 Å². The fraction of sp³-hybridized carbons (Fsp3) is 0.235. The molecule has 0 aliphatic heterocycles. The Labute approximate surface area is 138 Å². The van der Waals surface area contributed by atoms with Crippen LogP contribution in [0.4, 0.5) is 4.39 Å². The number of carbonyl (C=O) groups is 2. The quantitative estimate of drug-likeness (QED) is 0.691. The molecule has 0 bridgehead atoms. The van der Waals surface area contributed by atoms with Crippen molar-refractivity contribution in [3.63, 3.8) is 0 Å². The minimum absolute atomic E-state index is 0.0876. The lowest BCUT2D eigenvalue weighted by atomic mass is 10.1. The van der Waals surface area contributed by atoms with Crippen LogP contribution in [0.25, 0.3) is 0 Å². The van der Waals surface area contributed by atoms with Crippen LogP contribution in [0.2, 0.25) is 0 Å². The smallest absolute Gasteiger partial charge is 0.245 e. The van der Waals surface area contributed by atoms with Crippen molar-refractivity contribution in [3.8, 4) is 0 Å². The van der Waals surface area contributed by atoms with Gasteiger partial charge >= 0.3 is 0 Å². The second-order valence-corrected chi connectivity index (χ2v) is 5.18. The number of aliphatic hydroxyl groups is 1. The molecule has 1 aromatic heterocycles. The molecule has 0 aliphatic rings. The van der Waals surface area contributed by atoms with Crippen molar-refractivity contribution in [2.75, 3.05) is 6.61 Å². The summed E-state index contributed by atoms with van der Waals surface area (Å²) in [6, 6.07) is 8.03. The number of aliphatic hydroxyl groups excluding tert-OH is 1. The maximum absolute atomic E-state index is 12.8. The van der Waals surface area contributed by atoms with Gasteiger partial charge in [-0.1, -0.05) is 12.1 Å². The molecule has 126 valence electrons. The van der Waals surface area contributed by atoms with Gasteiger partial charge in [0.15, 0.2) is 0 Å². The zero-order chi connectivity index (χ0) is 17.4. The Balaban J connectivity index is 1.84. The van der Waals surface area contributed by atoms with Crippen LogP contribution in [0.5, 0.6) is 0 Å². The van der Waals surface area contributed by atoms with Crippen LogP contribution in [0.15, 0.2) is 48.8 Å². The molecule has 2 amide bonds. The van der Waals surface area contributed by atoms with Gasteiger partial charge in [0.1, 0.15) is 11.9 Å². The maximum Gasteiger partial charge on any atom is 0.245 e. The van der Waals surface area contributed by atoms with Crippen molar-refractivity contribution < 1.29 is 19.1 Å². The first-order valence-electron chi connectivity index (χ1n) is 7.40. The van der Waals surface area contributed by atoms with Gasteiger partial charge in [0.2, 0.25) is 11.8 Å². The highest BCUT2D eigenvalue weighted by atomic mass is 19.1. The normalized spacial score (nSPS) is 11.6. The number of nitrogens with zero attached hydrogens (tertiary/aromatic N) is 1. The van der Waals surface area contributed by atoms with Gasteiger partial charge in [-0.2, -0.15) is 0 Å². The zero-order valence-corrected chi connectivity index (χ0v) is 12.9. The van der Waals surface area contributed by atoms with Gasteiger partial charge in [-0.15, -0.1) is 0 Å². The standard InChI is InChI=1S/C17H18FN3O3/c18-14-3-1-13(2-4-14)10-20-17(24)15(11-22)21-16(23)9-12-5-7-19-8-6-12/h1-8,15,22H,9-11H2,(H,20,24)(H,21,23)/t15-/m0/s1. The predicted octanol–water partition coefficient (Wildman–Crippen LogP) is 0.557. The van der Waals surface area contributed by atoms with Gasteiger partial charge in [0.25, 0.3) is 0 Å². The highest BCUT2D eigenvalue weighted by Gasteiger charge is 2.19. The lowest BCUT2D eigenvalue weighted by Crippen LogP contribution is -2.49. The Morgan fingerprint density at radius 3 is 2.38 bits per heavy atom. The van der Waals surface area contributed by atoms with Crippen LogP contribution < -0.4 is 10.6 Å². The van der Waals surface area contributed by atoms with Crippen LogP contribution >= 0.6 is 0 Å². The molecule has 2 rings (SSSR count). The number of aromatic nitrogens is 1. The first-order chi connectivity index (χ1) is 11.6. The third kappa shape index (κ3) is 5.44. The summed E-state index contributed by atoms with van der Waals surface area (Å²) in [4.78, 5) is 27.8. The van der Waals surface area contributed by atoms with E-state index in [0.29, 0.717) is 5.56 Å². The second kappa shape index (κ2) is 8.73. The summed E-state index contributed by atoms with van der Waals surface area (Å²) in [5.41, 5.74) is 1.47. The van der Waals surface area contributed by atoms with Gasteiger partial charge in [-0.25, -0.2) is 4.39 Å². The molecule has 0 spiro atoms. The Bertz CT molecular complexity index is 677. The van der Waals surface area contributed by atoms with E-state index < -0.39 is 18.6 Å². The molecule has 1 heterocycles. The van der Waals surface area contributed by atoms with Gasteiger partial charge in [-0.3, -0.25) is 14.6 Å². The van der Waals surface area contributed by atoms with E-state index >= 15 is 0 Å². The van der Waals surface area contributed by atoms with Crippen molar-refractivity contribution in [3.05, 3.63) is 65.7 Å². The third-order valence-corrected chi connectivity index (χ3v) is 3.33. The van der Waals surface area contributed by atoms with Crippen LogP contribution in [0.3, 0.4) is 0 Å². The fourth-order valence-electron chi connectivity index (χ4n) is 2.04. The minimum Gasteiger partial charge on any atom is -0.394 e. The molecule has 3 N–H and O–H groups in total. The van der Waals surface area contributed by atoms with Crippen molar-refractivity contribution in [2.24, 2.45) is 0 Å². The van der Waals surface area contributed by atoms with Crippen molar-refractivity contribution >= 4 is 11.8 Å². The van der Waals surface area contributed by atoms with Gasteiger partial charge in [0.05, 0.1) is 13.0 Å². The number of hydrogen-bond acceptors (Lipinski definition) is 4. The lowest BCUT2D eigenvalue weighted by molar-refractivity contribution is -0.129. The molecular weight excluding hydrogens is 313 g/mol. The number of hydrogen-bond donors (Lipinski definition) is 3. The number of nitrogens with one attached hydrogen (secondary N) is 2.